The van der Waals surface area contributed by atoms with E-state index in [1.54, 1.807) is 6.07 Å². The zero-order valence-electron chi connectivity index (χ0n) is 15.7. The van der Waals surface area contributed by atoms with Crippen LogP contribution in [-0.2, 0) is 6.54 Å². The largest absolute Gasteiger partial charge is 0.507 e. The molecule has 0 aliphatic carbocycles. The number of rotatable bonds is 4. The number of likely N-dealkylation sites (N-methyl/N-ethyl adjacent to an activating group) is 1. The van der Waals surface area contributed by atoms with Gasteiger partial charge >= 0.3 is 0 Å². The molecule has 0 unspecified atom stereocenters. The smallest absolute Gasteiger partial charge is 0.296 e. The second kappa shape index (κ2) is 7.48. The van der Waals surface area contributed by atoms with Gasteiger partial charge < -0.3 is 15.3 Å². The van der Waals surface area contributed by atoms with Crippen LogP contribution in [0, 0.1) is 0 Å². The van der Waals surface area contributed by atoms with Gasteiger partial charge in [-0.05, 0) is 37.6 Å². The maximum Gasteiger partial charge on any atom is 0.296 e. The molecular formula is C19H22FN5O2S. The minimum atomic E-state index is -0.939. The van der Waals surface area contributed by atoms with E-state index in [1.807, 2.05) is 36.4 Å². The third kappa shape index (κ3) is 3.35. The van der Waals surface area contributed by atoms with Gasteiger partial charge in [-0.3, -0.25) is 9.36 Å². The summed E-state index contributed by atoms with van der Waals surface area (Å²) in [6.45, 7) is 3.23. The zero-order valence-corrected chi connectivity index (χ0v) is 16.5. The molecule has 1 aliphatic rings. The first-order valence-corrected chi connectivity index (χ1v) is 10.1. The van der Waals surface area contributed by atoms with Gasteiger partial charge in [-0.2, -0.15) is 0 Å². The number of hydrogen-bond donors (Lipinski definition) is 2. The van der Waals surface area contributed by atoms with Crippen LogP contribution in [0.15, 0.2) is 28.4 Å². The topological polar surface area (TPSA) is 83.3 Å². The van der Waals surface area contributed by atoms with Crippen molar-refractivity contribution in [2.45, 2.75) is 32.1 Å². The molecule has 2 N–H and O–H groups in total. The van der Waals surface area contributed by atoms with Crippen molar-refractivity contribution in [3.05, 3.63) is 33.9 Å². The molecule has 3 heterocycles. The van der Waals surface area contributed by atoms with E-state index in [-0.39, 0.29) is 23.2 Å². The number of likely N-dealkylation sites (tertiary alicyclic amines) is 1. The summed E-state index contributed by atoms with van der Waals surface area (Å²) in [6, 6.07) is 5.28. The Kier molecular flexibility index (Phi) is 5.03. The molecule has 9 heteroatoms. The number of phenolic OH excluding ortho intramolecular Hbond substituents is 1. The second-order valence-corrected chi connectivity index (χ2v) is 8.06. The maximum absolute atomic E-state index is 13.8. The highest BCUT2D eigenvalue weighted by Crippen LogP contribution is 2.36. The minimum Gasteiger partial charge on any atom is -0.507 e. The molecule has 0 amide bonds. The molecule has 148 valence electrons. The predicted molar refractivity (Wildman–Crippen MR) is 109 cm³/mol. The van der Waals surface area contributed by atoms with Crippen LogP contribution in [0.25, 0.3) is 21.5 Å². The molecule has 0 bridgehead atoms. The van der Waals surface area contributed by atoms with Gasteiger partial charge in [0.1, 0.15) is 11.9 Å². The number of nitrogens with zero attached hydrogens (tertiary/aromatic N) is 4. The van der Waals surface area contributed by atoms with Gasteiger partial charge in [0.25, 0.3) is 5.56 Å². The SMILES string of the molecule is CCn1c(-c2ccc3sccc3c2O)nnc(N[C@@H]2C[C@@H](F)CN(C)C2)c1=O. The first-order valence-electron chi connectivity index (χ1n) is 9.24. The Balaban J connectivity index is 1.71. The second-order valence-electron chi connectivity index (χ2n) is 7.11. The summed E-state index contributed by atoms with van der Waals surface area (Å²) >= 11 is 1.53. The maximum atomic E-state index is 13.8. The van der Waals surface area contributed by atoms with Crippen molar-refractivity contribution < 1.29 is 9.50 Å². The fourth-order valence-electron chi connectivity index (χ4n) is 3.76. The Bertz CT molecular complexity index is 1060. The summed E-state index contributed by atoms with van der Waals surface area (Å²) in [7, 11) is 1.85. The van der Waals surface area contributed by atoms with Gasteiger partial charge in [0.05, 0.1) is 5.56 Å². The number of aromatic nitrogens is 3. The molecule has 0 saturated carbocycles. The number of alkyl halides is 1. The highest BCUT2D eigenvalue weighted by Gasteiger charge is 2.26. The van der Waals surface area contributed by atoms with E-state index in [9.17, 15) is 14.3 Å². The molecule has 1 saturated heterocycles. The van der Waals surface area contributed by atoms with Gasteiger partial charge in [-0.15, -0.1) is 21.5 Å². The van der Waals surface area contributed by atoms with E-state index < -0.39 is 6.17 Å². The van der Waals surface area contributed by atoms with Crippen LogP contribution in [0.2, 0.25) is 0 Å². The average molecular weight is 403 g/mol. The number of halogens is 1. The molecule has 2 atom stereocenters. The van der Waals surface area contributed by atoms with E-state index in [4.69, 9.17) is 0 Å². The summed E-state index contributed by atoms with van der Waals surface area (Å²) in [5.41, 5.74) is 0.131. The first-order chi connectivity index (χ1) is 13.5. The number of benzene rings is 1. The third-order valence-corrected chi connectivity index (χ3v) is 5.92. The van der Waals surface area contributed by atoms with Gasteiger partial charge in [0.15, 0.2) is 5.82 Å². The standard InChI is InChI=1S/C19H22FN5O2S/c1-3-25-18(14-4-5-15-13(16(14)26)6-7-28-15)23-22-17(19(25)27)21-12-8-11(20)9-24(2)10-12/h4-7,11-12,26H,3,8-10H2,1-2H3,(H,21,22)/t11-,12-/m1/s1. The van der Waals surface area contributed by atoms with Crippen LogP contribution in [-0.4, -0.2) is 57.1 Å². The van der Waals surface area contributed by atoms with E-state index in [0.717, 1.165) is 10.1 Å². The van der Waals surface area contributed by atoms with Gasteiger partial charge in [-0.1, -0.05) is 0 Å². The van der Waals surface area contributed by atoms with Crippen LogP contribution in [0.4, 0.5) is 10.2 Å². The predicted octanol–water partition coefficient (Wildman–Crippen LogP) is 2.70. The molecule has 7 nitrogen and oxygen atoms in total. The lowest BCUT2D eigenvalue weighted by atomic mass is 10.1. The quantitative estimate of drug-likeness (QED) is 0.697. The molecule has 1 fully saturated rings. The van der Waals surface area contributed by atoms with E-state index in [0.29, 0.717) is 37.4 Å². The number of aromatic hydroxyl groups is 1. The molecule has 28 heavy (non-hydrogen) atoms. The summed E-state index contributed by atoms with van der Waals surface area (Å²) in [6.07, 6.45) is -0.610. The molecule has 0 spiro atoms. The van der Waals surface area contributed by atoms with Crippen LogP contribution in [0.3, 0.4) is 0 Å². The van der Waals surface area contributed by atoms with E-state index >= 15 is 0 Å². The lowest BCUT2D eigenvalue weighted by Gasteiger charge is -2.32. The minimum absolute atomic E-state index is 0.0875. The van der Waals surface area contributed by atoms with Crippen LogP contribution >= 0.6 is 11.3 Å². The molecular weight excluding hydrogens is 381 g/mol. The van der Waals surface area contributed by atoms with Crippen LogP contribution in [0.1, 0.15) is 13.3 Å². The molecule has 4 rings (SSSR count). The average Bonchev–Trinajstić information content (AvgIpc) is 3.13. The Morgan fingerprint density at radius 1 is 1.32 bits per heavy atom. The monoisotopic (exact) mass is 403 g/mol. The lowest BCUT2D eigenvalue weighted by molar-refractivity contribution is 0.153. The normalized spacial score (nSPS) is 20.5. The van der Waals surface area contributed by atoms with Crippen LogP contribution < -0.4 is 10.9 Å². The van der Waals surface area contributed by atoms with Crippen molar-refractivity contribution in [3.63, 3.8) is 0 Å². The van der Waals surface area contributed by atoms with Crippen molar-refractivity contribution in [1.82, 2.24) is 19.7 Å². The van der Waals surface area contributed by atoms with E-state index in [2.05, 4.69) is 15.5 Å². The fourth-order valence-corrected chi connectivity index (χ4v) is 4.54. The molecule has 2 aromatic heterocycles. The number of fused-ring (bicyclic) bond motifs is 1. The number of nitrogens with one attached hydrogen (secondary N) is 1. The van der Waals surface area contributed by atoms with Gasteiger partial charge in [0.2, 0.25) is 5.82 Å². The highest BCUT2D eigenvalue weighted by molar-refractivity contribution is 7.17. The molecule has 1 aliphatic heterocycles. The molecule has 1 aromatic carbocycles. The Labute approximate surface area is 165 Å². The number of anilines is 1. The highest BCUT2D eigenvalue weighted by atomic mass is 32.1. The molecule has 3 aromatic rings. The van der Waals surface area contributed by atoms with Gasteiger partial charge in [-0.25, -0.2) is 4.39 Å². The van der Waals surface area contributed by atoms with Crippen molar-refractivity contribution in [3.8, 4) is 17.1 Å². The van der Waals surface area contributed by atoms with E-state index in [1.165, 1.54) is 15.9 Å². The van der Waals surface area contributed by atoms with Crippen molar-refractivity contribution >= 4 is 27.2 Å². The summed E-state index contributed by atoms with van der Waals surface area (Å²) in [5, 5.41) is 24.6. The van der Waals surface area contributed by atoms with Crippen molar-refractivity contribution in [2.75, 3.05) is 25.5 Å². The van der Waals surface area contributed by atoms with Gasteiger partial charge in [0, 0.05) is 42.2 Å². The summed E-state index contributed by atoms with van der Waals surface area (Å²) in [5.74, 6) is 0.506. The third-order valence-electron chi connectivity index (χ3n) is 5.03. The summed E-state index contributed by atoms with van der Waals surface area (Å²) in [4.78, 5) is 14.9. The van der Waals surface area contributed by atoms with Crippen molar-refractivity contribution in [2.24, 2.45) is 0 Å². The zero-order chi connectivity index (χ0) is 19.8. The Morgan fingerprint density at radius 2 is 2.14 bits per heavy atom. The first kappa shape index (κ1) is 18.8. The number of piperidine rings is 1. The fraction of sp³-hybridized carbons (Fsp3) is 0.421. The number of hydrogen-bond acceptors (Lipinski definition) is 7. The molecule has 0 radical (unpaired) electrons. The Hall–Kier alpha value is -2.52. The number of phenols is 1. The van der Waals surface area contributed by atoms with Crippen molar-refractivity contribution in [1.29, 1.82) is 0 Å². The summed E-state index contributed by atoms with van der Waals surface area (Å²) < 4.78 is 16.3. The number of thiophene rings is 1. The lowest BCUT2D eigenvalue weighted by Crippen LogP contribution is -2.46. The Morgan fingerprint density at radius 3 is 2.89 bits per heavy atom. The van der Waals surface area contributed by atoms with Crippen LogP contribution in [0.5, 0.6) is 5.75 Å².